The van der Waals surface area contributed by atoms with Gasteiger partial charge in [0.15, 0.2) is 0 Å². The summed E-state index contributed by atoms with van der Waals surface area (Å²) in [5.41, 5.74) is -0.384. The molecule has 0 saturated carbocycles. The van der Waals surface area contributed by atoms with Crippen molar-refractivity contribution >= 4 is 27.5 Å². The van der Waals surface area contributed by atoms with Gasteiger partial charge in [-0.05, 0) is 39.0 Å². The second-order valence-electron chi connectivity index (χ2n) is 6.03. The molecule has 1 N–H and O–H groups in total. The van der Waals surface area contributed by atoms with Gasteiger partial charge in [-0.2, -0.15) is 0 Å². The van der Waals surface area contributed by atoms with Crippen molar-refractivity contribution in [3.63, 3.8) is 0 Å². The Balaban J connectivity index is 2.88. The van der Waals surface area contributed by atoms with Gasteiger partial charge in [0.1, 0.15) is 10.6 Å². The fraction of sp³-hybridized carbons (Fsp3) is 0.533. The number of nitrogens with one attached hydrogen (secondary N) is 1. The summed E-state index contributed by atoms with van der Waals surface area (Å²) in [6.45, 7) is 7.49. The first-order chi connectivity index (χ1) is 10.5. The van der Waals surface area contributed by atoms with Crippen LogP contribution in [0.5, 0.6) is 5.75 Å². The molecule has 0 unspecified atom stereocenters. The Morgan fingerprint density at radius 3 is 2.43 bits per heavy atom. The Morgan fingerprint density at radius 1 is 1.35 bits per heavy atom. The highest BCUT2D eigenvalue weighted by Crippen LogP contribution is 2.26. The Bertz CT molecular complexity index is 669. The number of ether oxygens (including phenoxy) is 1. The van der Waals surface area contributed by atoms with Crippen molar-refractivity contribution in [3.05, 3.63) is 23.2 Å². The minimum atomic E-state index is -3.79. The predicted octanol–water partition coefficient (Wildman–Crippen LogP) is 2.27. The molecule has 1 aromatic rings. The third-order valence-corrected chi connectivity index (χ3v) is 4.95. The molecule has 1 rings (SSSR count). The van der Waals surface area contributed by atoms with Crippen LogP contribution in [0.1, 0.15) is 27.7 Å². The predicted molar refractivity (Wildman–Crippen MR) is 90.3 cm³/mol. The lowest BCUT2D eigenvalue weighted by Gasteiger charge is -2.35. The van der Waals surface area contributed by atoms with Crippen LogP contribution in [0.25, 0.3) is 0 Å². The summed E-state index contributed by atoms with van der Waals surface area (Å²) < 4.78 is 32.4. The molecule has 0 aromatic heterocycles. The van der Waals surface area contributed by atoms with Gasteiger partial charge in [0.25, 0.3) is 0 Å². The number of halogens is 1. The van der Waals surface area contributed by atoms with E-state index in [9.17, 15) is 13.2 Å². The highest BCUT2D eigenvalue weighted by molar-refractivity contribution is 7.89. The van der Waals surface area contributed by atoms with Crippen molar-refractivity contribution in [1.29, 1.82) is 0 Å². The van der Waals surface area contributed by atoms with Crippen molar-refractivity contribution in [3.8, 4) is 5.75 Å². The summed E-state index contributed by atoms with van der Waals surface area (Å²) in [6.07, 6.45) is 0. The Morgan fingerprint density at radius 2 is 1.96 bits per heavy atom. The van der Waals surface area contributed by atoms with Crippen LogP contribution in [0, 0.1) is 0 Å². The number of hydrogen-bond acceptors (Lipinski definition) is 4. The maximum Gasteiger partial charge on any atom is 0.244 e. The van der Waals surface area contributed by atoms with Gasteiger partial charge < -0.3 is 9.64 Å². The minimum Gasteiger partial charge on any atom is -0.495 e. The molecule has 0 aliphatic heterocycles. The Kier molecular flexibility index (Phi) is 6.44. The summed E-state index contributed by atoms with van der Waals surface area (Å²) >= 11 is 5.87. The first kappa shape index (κ1) is 19.7. The fourth-order valence-electron chi connectivity index (χ4n) is 2.20. The van der Waals surface area contributed by atoms with Crippen molar-refractivity contribution in [1.82, 2.24) is 9.62 Å². The third-order valence-electron chi connectivity index (χ3n) is 3.23. The first-order valence-corrected chi connectivity index (χ1v) is 8.96. The molecule has 0 fully saturated rings. The Hall–Kier alpha value is -1.31. The average molecular weight is 363 g/mol. The minimum absolute atomic E-state index is 0.0300. The lowest BCUT2D eigenvalue weighted by molar-refractivity contribution is -0.133. The zero-order valence-corrected chi connectivity index (χ0v) is 15.6. The Labute approximate surface area is 142 Å². The van der Waals surface area contributed by atoms with Gasteiger partial charge in [0.05, 0.1) is 7.11 Å². The van der Waals surface area contributed by atoms with Gasteiger partial charge in [-0.15, -0.1) is 0 Å². The van der Waals surface area contributed by atoms with Gasteiger partial charge in [-0.1, -0.05) is 11.6 Å². The summed E-state index contributed by atoms with van der Waals surface area (Å²) in [5.74, 6) is 0.0955. The number of methoxy groups -OCH3 is 1. The second kappa shape index (κ2) is 7.51. The molecule has 0 aliphatic rings. The van der Waals surface area contributed by atoms with E-state index < -0.39 is 10.0 Å². The van der Waals surface area contributed by atoms with E-state index in [1.165, 1.54) is 26.2 Å². The molecule has 23 heavy (non-hydrogen) atoms. The lowest BCUT2D eigenvalue weighted by atomic mass is 10.1. The van der Waals surface area contributed by atoms with Crippen molar-refractivity contribution in [2.75, 3.05) is 20.2 Å². The standard InChI is InChI=1S/C15H23ClN2O4S/c1-11(19)18(15(2,3)4)9-8-17-23(20,21)14-10-12(16)6-7-13(14)22-5/h6-7,10,17H,8-9H2,1-5H3. The summed E-state index contributed by atoms with van der Waals surface area (Å²) in [5, 5.41) is 0.297. The number of amides is 1. The van der Waals surface area contributed by atoms with Crippen LogP contribution >= 0.6 is 11.6 Å². The van der Waals surface area contributed by atoms with E-state index >= 15 is 0 Å². The molecule has 0 aliphatic carbocycles. The molecule has 0 atom stereocenters. The zero-order chi connectivity index (χ0) is 17.8. The summed E-state index contributed by atoms with van der Waals surface area (Å²) in [4.78, 5) is 13.2. The van der Waals surface area contributed by atoms with Gasteiger partial charge in [-0.3, -0.25) is 4.79 Å². The number of sulfonamides is 1. The highest BCUT2D eigenvalue weighted by atomic mass is 35.5. The van der Waals surface area contributed by atoms with E-state index in [0.29, 0.717) is 5.02 Å². The van der Waals surface area contributed by atoms with Gasteiger partial charge in [0, 0.05) is 30.6 Å². The maximum atomic E-state index is 12.4. The number of carbonyl (C=O) groups is 1. The number of nitrogens with zero attached hydrogens (tertiary/aromatic N) is 1. The van der Waals surface area contributed by atoms with Crippen molar-refractivity contribution in [2.24, 2.45) is 0 Å². The quantitative estimate of drug-likeness (QED) is 0.842. The topological polar surface area (TPSA) is 75.7 Å². The molecule has 0 heterocycles. The fourth-order valence-corrected chi connectivity index (χ4v) is 3.65. The summed E-state index contributed by atoms with van der Waals surface area (Å²) in [7, 11) is -2.40. The molecule has 0 bridgehead atoms. The first-order valence-electron chi connectivity index (χ1n) is 7.10. The van der Waals surface area contributed by atoms with Crippen LogP contribution in [0.4, 0.5) is 0 Å². The molecule has 1 amide bonds. The van der Waals surface area contributed by atoms with Gasteiger partial charge in [0.2, 0.25) is 15.9 Å². The third kappa shape index (κ3) is 5.37. The van der Waals surface area contributed by atoms with Crippen LogP contribution < -0.4 is 9.46 Å². The highest BCUT2D eigenvalue weighted by Gasteiger charge is 2.25. The molecular weight excluding hydrogens is 340 g/mol. The molecule has 0 saturated heterocycles. The lowest BCUT2D eigenvalue weighted by Crippen LogP contribution is -2.48. The van der Waals surface area contributed by atoms with E-state index in [-0.39, 0.29) is 35.2 Å². The molecule has 0 spiro atoms. The molecule has 0 radical (unpaired) electrons. The molecule has 8 heteroatoms. The average Bonchev–Trinajstić information content (AvgIpc) is 2.41. The van der Waals surface area contributed by atoms with Crippen LogP contribution in [-0.4, -0.2) is 45.0 Å². The second-order valence-corrected chi connectivity index (χ2v) is 8.21. The maximum absolute atomic E-state index is 12.4. The largest absolute Gasteiger partial charge is 0.495 e. The van der Waals surface area contributed by atoms with Crippen LogP contribution in [0.2, 0.25) is 5.02 Å². The number of benzene rings is 1. The van der Waals surface area contributed by atoms with E-state index in [1.807, 2.05) is 20.8 Å². The van der Waals surface area contributed by atoms with Gasteiger partial charge in [-0.25, -0.2) is 13.1 Å². The van der Waals surface area contributed by atoms with Crippen LogP contribution in [-0.2, 0) is 14.8 Å². The van der Waals surface area contributed by atoms with Crippen LogP contribution in [0.15, 0.2) is 23.1 Å². The van der Waals surface area contributed by atoms with E-state index in [2.05, 4.69) is 4.72 Å². The van der Waals surface area contributed by atoms with E-state index in [0.717, 1.165) is 0 Å². The number of hydrogen-bond donors (Lipinski definition) is 1. The molecular formula is C15H23ClN2O4S. The number of carbonyl (C=O) groups excluding carboxylic acids is 1. The normalized spacial score (nSPS) is 12.1. The molecule has 6 nitrogen and oxygen atoms in total. The molecule has 1 aromatic carbocycles. The van der Waals surface area contributed by atoms with E-state index in [1.54, 1.807) is 11.0 Å². The zero-order valence-electron chi connectivity index (χ0n) is 14.0. The molecule has 130 valence electrons. The summed E-state index contributed by atoms with van der Waals surface area (Å²) in [6, 6.07) is 4.37. The smallest absolute Gasteiger partial charge is 0.244 e. The van der Waals surface area contributed by atoms with Crippen molar-refractivity contribution < 1.29 is 17.9 Å². The monoisotopic (exact) mass is 362 g/mol. The van der Waals surface area contributed by atoms with Crippen LogP contribution in [0.3, 0.4) is 0 Å². The van der Waals surface area contributed by atoms with Crippen molar-refractivity contribution in [2.45, 2.75) is 38.1 Å². The number of rotatable bonds is 6. The van der Waals surface area contributed by atoms with E-state index in [4.69, 9.17) is 16.3 Å². The van der Waals surface area contributed by atoms with Gasteiger partial charge >= 0.3 is 0 Å². The SMILES string of the molecule is COc1ccc(Cl)cc1S(=O)(=O)NCCN(C(C)=O)C(C)(C)C.